The molecule has 1 rings (SSSR count). The minimum atomic E-state index is 0.724. The van der Waals surface area contributed by atoms with Gasteiger partial charge in [0.05, 0.1) is 6.61 Å². The predicted octanol–water partition coefficient (Wildman–Crippen LogP) is -0.250. The second-order valence-electron chi connectivity index (χ2n) is 4.15. The lowest BCUT2D eigenvalue weighted by molar-refractivity contribution is 0.159. The molecule has 0 saturated carbocycles. The third kappa shape index (κ3) is 4.37. The molecule has 0 aromatic carbocycles. The lowest BCUT2D eigenvalue weighted by atomic mass is 10.1. The van der Waals surface area contributed by atoms with E-state index in [1.807, 2.05) is 7.05 Å². The molecule has 94 valence electrons. The first-order chi connectivity index (χ1) is 7.80. The molecule has 2 N–H and O–H groups in total. The Kier molecular flexibility index (Phi) is 6.18. The molecule has 1 aliphatic heterocycles. The Balaban J connectivity index is 2.16. The summed E-state index contributed by atoms with van der Waals surface area (Å²) in [6.45, 7) is 5.23. The molecule has 1 heterocycles. The normalized spacial score (nSPS) is 22.4. The first-order valence-electron chi connectivity index (χ1n) is 5.89. The molecule has 5 heteroatoms. The van der Waals surface area contributed by atoms with E-state index in [9.17, 15) is 0 Å². The van der Waals surface area contributed by atoms with Crippen molar-refractivity contribution in [2.24, 2.45) is 10.9 Å². The number of rotatable bonds is 5. The quantitative estimate of drug-likeness (QED) is 0.503. The van der Waals surface area contributed by atoms with Gasteiger partial charge in [-0.15, -0.1) is 0 Å². The van der Waals surface area contributed by atoms with Crippen molar-refractivity contribution in [3.05, 3.63) is 0 Å². The van der Waals surface area contributed by atoms with Crippen LogP contribution < -0.4 is 10.6 Å². The van der Waals surface area contributed by atoms with Crippen molar-refractivity contribution in [1.82, 2.24) is 15.5 Å². The van der Waals surface area contributed by atoms with E-state index in [0.717, 1.165) is 38.1 Å². The lowest BCUT2D eigenvalue weighted by Gasteiger charge is -2.16. The van der Waals surface area contributed by atoms with Gasteiger partial charge in [-0.2, -0.15) is 0 Å². The highest BCUT2D eigenvalue weighted by Crippen LogP contribution is 2.14. The Morgan fingerprint density at radius 2 is 2.38 bits per heavy atom. The molecule has 0 aromatic heterocycles. The number of aliphatic imine (C=N–C) groups is 1. The Morgan fingerprint density at radius 3 is 3.00 bits per heavy atom. The van der Waals surface area contributed by atoms with Gasteiger partial charge in [0, 0.05) is 40.8 Å². The van der Waals surface area contributed by atoms with Crippen LogP contribution in [0.5, 0.6) is 0 Å². The summed E-state index contributed by atoms with van der Waals surface area (Å²) in [7, 11) is 5.43. The van der Waals surface area contributed by atoms with Gasteiger partial charge in [-0.05, 0) is 18.9 Å². The molecule has 0 amide bonds. The number of hydrogen-bond donors (Lipinski definition) is 2. The van der Waals surface area contributed by atoms with Crippen molar-refractivity contribution in [2.45, 2.75) is 6.42 Å². The van der Waals surface area contributed by atoms with E-state index in [0.29, 0.717) is 0 Å². The van der Waals surface area contributed by atoms with Crippen LogP contribution in [0.2, 0.25) is 0 Å². The summed E-state index contributed by atoms with van der Waals surface area (Å²) < 4.78 is 5.09. The van der Waals surface area contributed by atoms with Crippen LogP contribution in [0.3, 0.4) is 0 Å². The van der Waals surface area contributed by atoms with Gasteiger partial charge in [-0.25, -0.2) is 0 Å². The van der Waals surface area contributed by atoms with Gasteiger partial charge < -0.3 is 20.3 Å². The maximum atomic E-state index is 5.09. The standard InChI is InChI=1S/C11H24N4O/c1-12-11(13-2)14-8-10-4-5-15(9-10)6-7-16-3/h10H,4-9H2,1-3H3,(H2,12,13,14)/t10-/m1/s1. The fourth-order valence-corrected chi connectivity index (χ4v) is 2.02. The van der Waals surface area contributed by atoms with E-state index < -0.39 is 0 Å². The molecule has 5 nitrogen and oxygen atoms in total. The van der Waals surface area contributed by atoms with Crippen LogP contribution in [0.4, 0.5) is 0 Å². The van der Waals surface area contributed by atoms with E-state index >= 15 is 0 Å². The monoisotopic (exact) mass is 228 g/mol. The summed E-state index contributed by atoms with van der Waals surface area (Å²) in [6, 6.07) is 0. The maximum Gasteiger partial charge on any atom is 0.190 e. The summed E-state index contributed by atoms with van der Waals surface area (Å²) in [5.74, 6) is 1.59. The second-order valence-corrected chi connectivity index (χ2v) is 4.15. The zero-order chi connectivity index (χ0) is 11.8. The van der Waals surface area contributed by atoms with Gasteiger partial charge in [0.15, 0.2) is 5.96 Å². The van der Waals surface area contributed by atoms with Gasteiger partial charge in [0.2, 0.25) is 0 Å². The second kappa shape index (κ2) is 7.46. The molecule has 0 spiro atoms. The van der Waals surface area contributed by atoms with E-state index in [1.165, 1.54) is 13.0 Å². The fourth-order valence-electron chi connectivity index (χ4n) is 2.02. The number of methoxy groups -OCH3 is 1. The molecule has 0 radical (unpaired) electrons. The molecule has 1 fully saturated rings. The average molecular weight is 228 g/mol. The predicted molar refractivity (Wildman–Crippen MR) is 66.8 cm³/mol. The third-order valence-corrected chi connectivity index (χ3v) is 3.00. The van der Waals surface area contributed by atoms with Gasteiger partial charge in [-0.1, -0.05) is 0 Å². The lowest BCUT2D eigenvalue weighted by Crippen LogP contribution is -2.38. The van der Waals surface area contributed by atoms with Crippen molar-refractivity contribution in [3.63, 3.8) is 0 Å². The SMILES string of the molecule is CN=C(NC)NC[C@H]1CCN(CCOC)C1. The number of nitrogens with one attached hydrogen (secondary N) is 2. The Hall–Kier alpha value is -0.810. The third-order valence-electron chi connectivity index (χ3n) is 3.00. The van der Waals surface area contributed by atoms with Crippen LogP contribution in [-0.2, 0) is 4.74 Å². The molecule has 0 aliphatic carbocycles. The van der Waals surface area contributed by atoms with Crippen LogP contribution in [0.25, 0.3) is 0 Å². The van der Waals surface area contributed by atoms with Crippen LogP contribution in [0.15, 0.2) is 4.99 Å². The summed E-state index contributed by atoms with van der Waals surface area (Å²) in [6.07, 6.45) is 1.26. The van der Waals surface area contributed by atoms with Crippen LogP contribution in [-0.4, -0.2) is 64.9 Å². The molecule has 0 unspecified atom stereocenters. The zero-order valence-corrected chi connectivity index (χ0v) is 10.6. The fraction of sp³-hybridized carbons (Fsp3) is 0.909. The minimum absolute atomic E-state index is 0.724. The van der Waals surface area contributed by atoms with Gasteiger partial charge in [0.1, 0.15) is 0 Å². The van der Waals surface area contributed by atoms with E-state index in [1.54, 1.807) is 14.2 Å². The topological polar surface area (TPSA) is 48.9 Å². The average Bonchev–Trinajstić information content (AvgIpc) is 2.76. The maximum absolute atomic E-state index is 5.09. The van der Waals surface area contributed by atoms with Gasteiger partial charge >= 0.3 is 0 Å². The Morgan fingerprint density at radius 1 is 1.56 bits per heavy atom. The summed E-state index contributed by atoms with van der Waals surface area (Å²) in [4.78, 5) is 6.55. The van der Waals surface area contributed by atoms with Crippen molar-refractivity contribution in [3.8, 4) is 0 Å². The summed E-state index contributed by atoms with van der Waals surface area (Å²) in [5, 5.41) is 6.35. The van der Waals surface area contributed by atoms with Crippen molar-refractivity contribution < 1.29 is 4.74 Å². The summed E-state index contributed by atoms with van der Waals surface area (Å²) in [5.41, 5.74) is 0. The van der Waals surface area contributed by atoms with Crippen molar-refractivity contribution in [2.75, 3.05) is 54.0 Å². The highest BCUT2D eigenvalue weighted by atomic mass is 16.5. The molecule has 0 bridgehead atoms. The number of guanidine groups is 1. The highest BCUT2D eigenvalue weighted by Gasteiger charge is 2.21. The van der Waals surface area contributed by atoms with E-state index in [4.69, 9.17) is 4.74 Å². The van der Waals surface area contributed by atoms with Crippen molar-refractivity contribution in [1.29, 1.82) is 0 Å². The van der Waals surface area contributed by atoms with Crippen LogP contribution in [0.1, 0.15) is 6.42 Å². The molecule has 0 aromatic rings. The molecular formula is C11H24N4O. The number of likely N-dealkylation sites (tertiary alicyclic amines) is 1. The van der Waals surface area contributed by atoms with E-state index in [2.05, 4.69) is 20.5 Å². The molecule has 1 atom stereocenters. The van der Waals surface area contributed by atoms with Crippen LogP contribution in [0, 0.1) is 5.92 Å². The van der Waals surface area contributed by atoms with E-state index in [-0.39, 0.29) is 0 Å². The Bertz CT molecular complexity index is 220. The van der Waals surface area contributed by atoms with Gasteiger partial charge in [-0.3, -0.25) is 4.99 Å². The molecule has 1 saturated heterocycles. The zero-order valence-electron chi connectivity index (χ0n) is 10.6. The minimum Gasteiger partial charge on any atom is -0.383 e. The number of hydrogen-bond acceptors (Lipinski definition) is 3. The number of nitrogens with zero attached hydrogens (tertiary/aromatic N) is 2. The smallest absolute Gasteiger partial charge is 0.190 e. The highest BCUT2D eigenvalue weighted by molar-refractivity contribution is 5.79. The molecule has 1 aliphatic rings. The largest absolute Gasteiger partial charge is 0.383 e. The van der Waals surface area contributed by atoms with Gasteiger partial charge in [0.25, 0.3) is 0 Å². The molecular weight excluding hydrogens is 204 g/mol. The Labute approximate surface area is 98.3 Å². The van der Waals surface area contributed by atoms with Crippen molar-refractivity contribution >= 4 is 5.96 Å². The first kappa shape index (κ1) is 13.3. The molecule has 16 heavy (non-hydrogen) atoms. The van der Waals surface area contributed by atoms with Crippen LogP contribution >= 0.6 is 0 Å². The summed E-state index contributed by atoms with van der Waals surface area (Å²) >= 11 is 0. The first-order valence-corrected chi connectivity index (χ1v) is 5.89. The number of ether oxygens (including phenoxy) is 1.